The van der Waals surface area contributed by atoms with E-state index in [0.717, 1.165) is 22.8 Å². The molecule has 2 aromatic heterocycles. The molecule has 30 heavy (non-hydrogen) atoms. The van der Waals surface area contributed by atoms with Gasteiger partial charge in [0.2, 0.25) is 0 Å². The number of thiazole rings is 1. The van der Waals surface area contributed by atoms with Crippen LogP contribution in [0.15, 0.2) is 30.5 Å². The maximum Gasteiger partial charge on any atom is 0.268 e. The van der Waals surface area contributed by atoms with Crippen LogP contribution < -0.4 is 10.6 Å². The SMILES string of the molecule is CNC(=O)C(=N)/C=C\c1ncc(Cc2ccc3nc(NC4CCCCC4)sc3c2)[nH]1. The quantitative estimate of drug-likeness (QED) is 0.429. The van der Waals surface area contributed by atoms with Crippen molar-refractivity contribution in [1.82, 2.24) is 20.3 Å². The summed E-state index contributed by atoms with van der Waals surface area (Å²) in [6.07, 6.45) is 12.0. The largest absolute Gasteiger partial charge is 0.359 e. The number of carbonyl (C=O) groups is 1. The van der Waals surface area contributed by atoms with E-state index in [0.29, 0.717) is 11.9 Å². The van der Waals surface area contributed by atoms with Crippen LogP contribution in [0.2, 0.25) is 0 Å². The van der Waals surface area contributed by atoms with Gasteiger partial charge in [0.05, 0.1) is 10.2 Å². The van der Waals surface area contributed by atoms with Crippen LogP contribution in [0.25, 0.3) is 16.3 Å². The minimum atomic E-state index is -0.423. The van der Waals surface area contributed by atoms with Gasteiger partial charge >= 0.3 is 0 Å². The molecule has 0 atom stereocenters. The number of amides is 1. The van der Waals surface area contributed by atoms with Crippen LogP contribution >= 0.6 is 11.3 Å². The van der Waals surface area contributed by atoms with Gasteiger partial charge in [0.1, 0.15) is 11.5 Å². The molecule has 1 aromatic carbocycles. The first-order valence-electron chi connectivity index (χ1n) is 10.3. The van der Waals surface area contributed by atoms with Gasteiger partial charge in [-0.25, -0.2) is 9.97 Å². The molecule has 1 fully saturated rings. The average molecular weight is 423 g/mol. The molecule has 3 aromatic rings. The third kappa shape index (κ3) is 4.94. The molecule has 4 N–H and O–H groups in total. The van der Waals surface area contributed by atoms with Crippen molar-refractivity contribution in [2.45, 2.75) is 44.6 Å². The highest BCUT2D eigenvalue weighted by Gasteiger charge is 2.15. The number of imidazole rings is 1. The van der Waals surface area contributed by atoms with Gasteiger partial charge in [-0.15, -0.1) is 0 Å². The van der Waals surface area contributed by atoms with Crippen LogP contribution in [0.4, 0.5) is 5.13 Å². The highest BCUT2D eigenvalue weighted by atomic mass is 32.1. The predicted octanol–water partition coefficient (Wildman–Crippen LogP) is 4.13. The lowest BCUT2D eigenvalue weighted by Gasteiger charge is -2.22. The predicted molar refractivity (Wildman–Crippen MR) is 122 cm³/mol. The van der Waals surface area contributed by atoms with Crippen molar-refractivity contribution in [2.75, 3.05) is 12.4 Å². The minimum absolute atomic E-state index is 0.108. The number of carbonyl (C=O) groups excluding carboxylic acids is 1. The molecular weight excluding hydrogens is 396 g/mol. The van der Waals surface area contributed by atoms with E-state index in [-0.39, 0.29) is 5.71 Å². The summed E-state index contributed by atoms with van der Waals surface area (Å²) in [7, 11) is 1.50. The van der Waals surface area contributed by atoms with Gasteiger partial charge < -0.3 is 15.6 Å². The Kier molecular flexibility index (Phi) is 6.23. The summed E-state index contributed by atoms with van der Waals surface area (Å²) in [6, 6.07) is 6.93. The molecule has 1 aliphatic rings. The molecule has 2 heterocycles. The van der Waals surface area contributed by atoms with Gasteiger partial charge in [0.25, 0.3) is 5.91 Å². The lowest BCUT2D eigenvalue weighted by Crippen LogP contribution is -2.25. The second-order valence-electron chi connectivity index (χ2n) is 7.60. The van der Waals surface area contributed by atoms with E-state index in [2.05, 4.69) is 38.8 Å². The van der Waals surface area contributed by atoms with E-state index in [1.165, 1.54) is 55.5 Å². The first-order chi connectivity index (χ1) is 14.6. The third-order valence-electron chi connectivity index (χ3n) is 5.31. The third-order valence-corrected chi connectivity index (χ3v) is 6.26. The van der Waals surface area contributed by atoms with E-state index in [1.807, 2.05) is 0 Å². The number of anilines is 1. The van der Waals surface area contributed by atoms with Gasteiger partial charge in [-0.1, -0.05) is 36.7 Å². The number of fused-ring (bicyclic) bond motifs is 1. The summed E-state index contributed by atoms with van der Waals surface area (Å²) in [5.74, 6) is 0.199. The highest BCUT2D eigenvalue weighted by Crippen LogP contribution is 2.30. The maximum atomic E-state index is 11.4. The lowest BCUT2D eigenvalue weighted by atomic mass is 9.96. The Morgan fingerprint density at radius 2 is 2.17 bits per heavy atom. The van der Waals surface area contributed by atoms with E-state index >= 15 is 0 Å². The zero-order chi connectivity index (χ0) is 20.9. The van der Waals surface area contributed by atoms with Crippen molar-refractivity contribution in [1.29, 1.82) is 5.41 Å². The Morgan fingerprint density at radius 1 is 1.33 bits per heavy atom. The zero-order valence-electron chi connectivity index (χ0n) is 17.0. The van der Waals surface area contributed by atoms with E-state index in [1.54, 1.807) is 23.6 Å². The fraction of sp³-hybridized carbons (Fsp3) is 0.364. The van der Waals surface area contributed by atoms with Crippen molar-refractivity contribution >= 4 is 44.4 Å². The Morgan fingerprint density at radius 3 is 2.97 bits per heavy atom. The van der Waals surface area contributed by atoms with Crippen molar-refractivity contribution in [3.8, 4) is 0 Å². The molecule has 1 saturated carbocycles. The molecule has 156 valence electrons. The van der Waals surface area contributed by atoms with Gasteiger partial charge in [0, 0.05) is 31.4 Å². The molecule has 0 bridgehead atoms. The fourth-order valence-electron chi connectivity index (χ4n) is 3.71. The van der Waals surface area contributed by atoms with Gasteiger partial charge in [-0.3, -0.25) is 10.2 Å². The molecule has 1 amide bonds. The first kappa shape index (κ1) is 20.3. The van der Waals surface area contributed by atoms with Gasteiger partial charge in [0.15, 0.2) is 5.13 Å². The fourth-order valence-corrected chi connectivity index (χ4v) is 4.71. The topological polar surface area (TPSA) is 107 Å². The maximum absolute atomic E-state index is 11.4. The number of aromatic nitrogens is 3. The summed E-state index contributed by atoms with van der Waals surface area (Å²) in [5.41, 5.74) is 3.09. The minimum Gasteiger partial charge on any atom is -0.359 e. The Balaban J connectivity index is 1.41. The van der Waals surface area contributed by atoms with Crippen LogP contribution in [0.5, 0.6) is 0 Å². The molecule has 0 saturated heterocycles. The second kappa shape index (κ2) is 9.21. The molecular formula is C22H26N6OS. The number of rotatable bonds is 7. The number of nitrogens with zero attached hydrogens (tertiary/aromatic N) is 2. The molecule has 1 aliphatic carbocycles. The average Bonchev–Trinajstić information content (AvgIpc) is 3.38. The standard InChI is InChI=1S/C22H26N6OS/c1-24-21(29)17(23)8-10-20-25-13-16(26-20)11-14-7-9-18-19(12-14)30-22(28-18)27-15-5-3-2-4-6-15/h7-10,12-13,15,23H,2-6,11H2,1H3,(H,24,29)(H,25,26)(H,27,28)/b10-8-,23-17?. The second-order valence-corrected chi connectivity index (χ2v) is 8.63. The molecule has 0 aliphatic heterocycles. The molecule has 4 rings (SSSR count). The molecule has 0 radical (unpaired) electrons. The van der Waals surface area contributed by atoms with Crippen LogP contribution in [0.1, 0.15) is 49.2 Å². The van der Waals surface area contributed by atoms with E-state index < -0.39 is 5.91 Å². The summed E-state index contributed by atoms with van der Waals surface area (Å²) < 4.78 is 1.18. The highest BCUT2D eigenvalue weighted by molar-refractivity contribution is 7.22. The van der Waals surface area contributed by atoms with Crippen molar-refractivity contribution in [3.63, 3.8) is 0 Å². The Hall–Kier alpha value is -3.00. The zero-order valence-corrected chi connectivity index (χ0v) is 17.8. The first-order valence-corrected chi connectivity index (χ1v) is 11.1. The van der Waals surface area contributed by atoms with Crippen molar-refractivity contribution in [3.05, 3.63) is 47.6 Å². The monoisotopic (exact) mass is 422 g/mol. The summed E-state index contributed by atoms with van der Waals surface area (Å²) in [5, 5.41) is 14.7. The number of hydrogen-bond donors (Lipinski definition) is 4. The van der Waals surface area contributed by atoms with Gasteiger partial charge in [-0.05, 0) is 42.7 Å². The van der Waals surface area contributed by atoms with Crippen LogP contribution in [0, 0.1) is 5.41 Å². The normalized spacial score (nSPS) is 15.0. The lowest BCUT2D eigenvalue weighted by molar-refractivity contribution is -0.114. The van der Waals surface area contributed by atoms with Crippen LogP contribution in [-0.2, 0) is 11.2 Å². The van der Waals surface area contributed by atoms with E-state index in [9.17, 15) is 4.79 Å². The van der Waals surface area contributed by atoms with Gasteiger partial charge in [-0.2, -0.15) is 0 Å². The van der Waals surface area contributed by atoms with Crippen LogP contribution in [0.3, 0.4) is 0 Å². The Labute approximate surface area is 179 Å². The van der Waals surface area contributed by atoms with Crippen LogP contribution in [-0.4, -0.2) is 39.7 Å². The Bertz CT molecular complexity index is 1080. The van der Waals surface area contributed by atoms with Crippen molar-refractivity contribution < 1.29 is 4.79 Å². The summed E-state index contributed by atoms with van der Waals surface area (Å²) >= 11 is 1.72. The van der Waals surface area contributed by atoms with Crippen molar-refractivity contribution in [2.24, 2.45) is 0 Å². The number of benzene rings is 1. The molecule has 7 nitrogen and oxygen atoms in total. The van der Waals surface area contributed by atoms with E-state index in [4.69, 9.17) is 10.4 Å². The number of hydrogen-bond acceptors (Lipinski definition) is 6. The summed E-state index contributed by atoms with van der Waals surface area (Å²) in [4.78, 5) is 23.7. The number of aromatic amines is 1. The number of H-pyrrole nitrogens is 1. The number of nitrogens with one attached hydrogen (secondary N) is 4. The molecule has 8 heteroatoms. The molecule has 0 spiro atoms. The smallest absolute Gasteiger partial charge is 0.268 e. The molecule has 0 unspecified atom stereocenters. The summed E-state index contributed by atoms with van der Waals surface area (Å²) in [6.45, 7) is 0.